The SMILES string of the molecule is Cc1nc(C(=O)NC[C@H]2CO[C@@H]3CN(C(=O)[C@H]4C[C@@H]4C)C[C@H]23)cs1. The third-order valence-electron chi connectivity index (χ3n) is 5.55. The smallest absolute Gasteiger partial charge is 0.270 e. The van der Waals surface area contributed by atoms with E-state index in [1.165, 1.54) is 11.3 Å². The van der Waals surface area contributed by atoms with Crippen LogP contribution in [0, 0.1) is 30.6 Å². The quantitative estimate of drug-likeness (QED) is 0.890. The zero-order valence-corrected chi connectivity index (χ0v) is 14.8. The molecule has 24 heavy (non-hydrogen) atoms. The van der Waals surface area contributed by atoms with Gasteiger partial charge in [-0.2, -0.15) is 0 Å². The monoisotopic (exact) mass is 349 g/mol. The fourth-order valence-corrected chi connectivity index (χ4v) is 4.46. The zero-order chi connectivity index (χ0) is 16.8. The Hall–Kier alpha value is -1.47. The lowest BCUT2D eigenvalue weighted by atomic mass is 9.93. The molecule has 2 saturated heterocycles. The number of hydrogen-bond acceptors (Lipinski definition) is 5. The summed E-state index contributed by atoms with van der Waals surface area (Å²) in [5, 5.41) is 5.65. The van der Waals surface area contributed by atoms with Gasteiger partial charge in [0.15, 0.2) is 0 Å². The molecule has 2 aliphatic heterocycles. The second-order valence-corrected chi connectivity index (χ2v) is 8.38. The summed E-state index contributed by atoms with van der Waals surface area (Å²) < 4.78 is 5.88. The molecule has 0 bridgehead atoms. The highest BCUT2D eigenvalue weighted by molar-refractivity contribution is 7.09. The van der Waals surface area contributed by atoms with Gasteiger partial charge in [-0.1, -0.05) is 6.92 Å². The summed E-state index contributed by atoms with van der Waals surface area (Å²) in [6.45, 7) is 6.74. The fourth-order valence-electron chi connectivity index (χ4n) is 3.87. The summed E-state index contributed by atoms with van der Waals surface area (Å²) in [6, 6.07) is 0. The number of rotatable bonds is 4. The van der Waals surface area contributed by atoms with Crippen LogP contribution >= 0.6 is 11.3 Å². The summed E-state index contributed by atoms with van der Waals surface area (Å²) in [6.07, 6.45) is 1.16. The Labute approximate surface area is 145 Å². The van der Waals surface area contributed by atoms with Crippen LogP contribution in [-0.2, 0) is 9.53 Å². The topological polar surface area (TPSA) is 71.5 Å². The van der Waals surface area contributed by atoms with Crippen molar-refractivity contribution in [2.75, 3.05) is 26.2 Å². The van der Waals surface area contributed by atoms with Crippen LogP contribution in [-0.4, -0.2) is 54.0 Å². The van der Waals surface area contributed by atoms with Gasteiger partial charge in [0.2, 0.25) is 5.91 Å². The molecule has 5 atom stereocenters. The zero-order valence-electron chi connectivity index (χ0n) is 14.0. The van der Waals surface area contributed by atoms with Crippen molar-refractivity contribution in [2.24, 2.45) is 23.7 Å². The predicted octanol–water partition coefficient (Wildman–Crippen LogP) is 1.31. The molecule has 3 fully saturated rings. The fraction of sp³-hybridized carbons (Fsp3) is 0.706. The van der Waals surface area contributed by atoms with Crippen LogP contribution in [0.2, 0.25) is 0 Å². The molecule has 2 amide bonds. The molecule has 0 radical (unpaired) electrons. The Kier molecular flexibility index (Phi) is 4.08. The summed E-state index contributed by atoms with van der Waals surface area (Å²) in [4.78, 5) is 30.7. The number of hydrogen-bond donors (Lipinski definition) is 1. The molecule has 1 N–H and O–H groups in total. The van der Waals surface area contributed by atoms with E-state index in [9.17, 15) is 9.59 Å². The van der Waals surface area contributed by atoms with E-state index >= 15 is 0 Å². The van der Waals surface area contributed by atoms with Gasteiger partial charge < -0.3 is 15.0 Å². The van der Waals surface area contributed by atoms with E-state index in [1.54, 1.807) is 5.38 Å². The lowest BCUT2D eigenvalue weighted by Crippen LogP contribution is -2.36. The third kappa shape index (κ3) is 2.95. The van der Waals surface area contributed by atoms with E-state index in [4.69, 9.17) is 4.74 Å². The van der Waals surface area contributed by atoms with Crippen molar-refractivity contribution >= 4 is 23.2 Å². The second-order valence-electron chi connectivity index (χ2n) is 7.32. The van der Waals surface area contributed by atoms with Crippen LogP contribution in [0.1, 0.15) is 28.8 Å². The van der Waals surface area contributed by atoms with Gasteiger partial charge in [-0.3, -0.25) is 9.59 Å². The van der Waals surface area contributed by atoms with E-state index < -0.39 is 0 Å². The minimum absolute atomic E-state index is 0.125. The molecular weight excluding hydrogens is 326 g/mol. The molecule has 3 heterocycles. The maximum Gasteiger partial charge on any atom is 0.270 e. The van der Waals surface area contributed by atoms with Crippen molar-refractivity contribution < 1.29 is 14.3 Å². The number of carbonyl (C=O) groups is 2. The highest BCUT2D eigenvalue weighted by Crippen LogP contribution is 2.41. The van der Waals surface area contributed by atoms with Crippen molar-refractivity contribution in [2.45, 2.75) is 26.4 Å². The van der Waals surface area contributed by atoms with Gasteiger partial charge in [0.25, 0.3) is 5.91 Å². The number of amides is 2. The Morgan fingerprint density at radius 3 is 2.92 bits per heavy atom. The maximum absolute atomic E-state index is 12.4. The molecular formula is C17H23N3O3S. The van der Waals surface area contributed by atoms with Crippen LogP contribution in [0.25, 0.3) is 0 Å². The number of aromatic nitrogens is 1. The molecule has 1 aromatic rings. The summed E-state index contributed by atoms with van der Waals surface area (Å²) in [5.41, 5.74) is 0.485. The number of thiazole rings is 1. The third-order valence-corrected chi connectivity index (χ3v) is 6.33. The van der Waals surface area contributed by atoms with Gasteiger partial charge in [-0.25, -0.2) is 4.98 Å². The first kappa shape index (κ1) is 16.0. The lowest BCUT2D eigenvalue weighted by Gasteiger charge is -2.20. The average molecular weight is 349 g/mol. The number of likely N-dealkylation sites (tertiary alicyclic amines) is 1. The van der Waals surface area contributed by atoms with Gasteiger partial charge in [0.1, 0.15) is 5.69 Å². The molecule has 3 aliphatic rings. The molecule has 130 valence electrons. The van der Waals surface area contributed by atoms with E-state index in [2.05, 4.69) is 17.2 Å². The first-order valence-electron chi connectivity index (χ1n) is 8.63. The van der Waals surface area contributed by atoms with Crippen LogP contribution in [0.4, 0.5) is 0 Å². The normalized spacial score (nSPS) is 34.2. The van der Waals surface area contributed by atoms with Crippen LogP contribution in [0.3, 0.4) is 0 Å². The highest BCUT2D eigenvalue weighted by Gasteiger charge is 2.49. The Balaban J connectivity index is 1.31. The number of fused-ring (bicyclic) bond motifs is 1. The summed E-state index contributed by atoms with van der Waals surface area (Å²) >= 11 is 1.48. The molecule has 7 heteroatoms. The van der Waals surface area contributed by atoms with Crippen molar-refractivity contribution in [1.29, 1.82) is 0 Å². The second kappa shape index (κ2) is 6.11. The summed E-state index contributed by atoms with van der Waals surface area (Å²) in [5.74, 6) is 1.54. The predicted molar refractivity (Wildman–Crippen MR) is 89.8 cm³/mol. The van der Waals surface area contributed by atoms with E-state index in [0.717, 1.165) is 18.0 Å². The molecule has 0 spiro atoms. The van der Waals surface area contributed by atoms with Gasteiger partial charge in [-0.15, -0.1) is 11.3 Å². The molecule has 6 nitrogen and oxygen atoms in total. The van der Waals surface area contributed by atoms with Crippen LogP contribution in [0.5, 0.6) is 0 Å². The number of ether oxygens (including phenoxy) is 1. The first-order chi connectivity index (χ1) is 11.5. The average Bonchev–Trinajstić information content (AvgIpc) is 2.95. The van der Waals surface area contributed by atoms with Crippen LogP contribution < -0.4 is 5.32 Å². The minimum Gasteiger partial charge on any atom is -0.376 e. The molecule has 1 aromatic heterocycles. The van der Waals surface area contributed by atoms with Gasteiger partial charge in [-0.05, 0) is 19.3 Å². The standard InChI is InChI=1S/C17H23N3O3S/c1-9-3-12(9)17(22)20-5-13-11(7-23-15(13)6-20)4-18-16(21)14-8-24-10(2)19-14/h8-9,11-13,15H,3-7H2,1-2H3,(H,18,21)/t9-,11-,12-,13+,15+/m0/s1. The van der Waals surface area contributed by atoms with Crippen molar-refractivity contribution in [3.05, 3.63) is 16.1 Å². The number of aryl methyl sites for hydroxylation is 1. The molecule has 0 aromatic carbocycles. The van der Waals surface area contributed by atoms with Crippen molar-refractivity contribution in [1.82, 2.24) is 15.2 Å². The minimum atomic E-state index is -0.125. The number of carbonyl (C=O) groups excluding carboxylic acids is 2. The van der Waals surface area contributed by atoms with Crippen molar-refractivity contribution in [3.8, 4) is 0 Å². The molecule has 0 unspecified atom stereocenters. The van der Waals surface area contributed by atoms with E-state index in [-0.39, 0.29) is 23.8 Å². The Morgan fingerprint density at radius 1 is 1.46 bits per heavy atom. The van der Waals surface area contributed by atoms with Gasteiger partial charge in [0.05, 0.1) is 17.7 Å². The highest BCUT2D eigenvalue weighted by atomic mass is 32.1. The maximum atomic E-state index is 12.4. The molecule has 4 rings (SSSR count). The summed E-state index contributed by atoms with van der Waals surface area (Å²) in [7, 11) is 0. The largest absolute Gasteiger partial charge is 0.376 e. The molecule has 1 aliphatic carbocycles. The number of nitrogens with zero attached hydrogens (tertiary/aromatic N) is 2. The molecule has 1 saturated carbocycles. The van der Waals surface area contributed by atoms with Gasteiger partial charge in [0, 0.05) is 42.8 Å². The van der Waals surface area contributed by atoms with Crippen LogP contribution in [0.15, 0.2) is 5.38 Å². The van der Waals surface area contributed by atoms with Gasteiger partial charge >= 0.3 is 0 Å². The Morgan fingerprint density at radius 2 is 2.25 bits per heavy atom. The number of nitrogens with one attached hydrogen (secondary N) is 1. The Bertz CT molecular complexity index is 661. The van der Waals surface area contributed by atoms with E-state index in [0.29, 0.717) is 43.1 Å². The first-order valence-corrected chi connectivity index (χ1v) is 9.51. The van der Waals surface area contributed by atoms with Crippen molar-refractivity contribution in [3.63, 3.8) is 0 Å². The van der Waals surface area contributed by atoms with E-state index in [1.807, 2.05) is 11.8 Å². The lowest BCUT2D eigenvalue weighted by molar-refractivity contribution is -0.132.